The van der Waals surface area contributed by atoms with Crippen LogP contribution in [0, 0.1) is 5.92 Å². The number of carbonyl (C=O) groups is 1. The third kappa shape index (κ3) is 5.68. The van der Waals surface area contributed by atoms with Crippen molar-refractivity contribution in [3.63, 3.8) is 0 Å². The first-order valence-corrected chi connectivity index (χ1v) is 12.1. The first-order chi connectivity index (χ1) is 15.8. The van der Waals surface area contributed by atoms with Gasteiger partial charge in [-0.3, -0.25) is 14.7 Å². The highest BCUT2D eigenvalue weighted by Crippen LogP contribution is 2.30. The Hall–Kier alpha value is -2.57. The van der Waals surface area contributed by atoms with E-state index in [4.69, 9.17) is 21.3 Å². The molecule has 0 unspecified atom stereocenters. The van der Waals surface area contributed by atoms with E-state index in [9.17, 15) is 4.79 Å². The summed E-state index contributed by atoms with van der Waals surface area (Å²) in [6.45, 7) is 11.1. The van der Waals surface area contributed by atoms with Gasteiger partial charge in [0, 0.05) is 49.7 Å². The summed E-state index contributed by atoms with van der Waals surface area (Å²) in [5.74, 6) is 0.367. The minimum absolute atomic E-state index is 0.0149. The summed E-state index contributed by atoms with van der Waals surface area (Å²) in [5.41, 5.74) is 5.55. The van der Waals surface area contributed by atoms with Crippen molar-refractivity contribution in [2.75, 3.05) is 29.6 Å². The molecule has 1 saturated heterocycles. The van der Waals surface area contributed by atoms with Crippen LogP contribution in [0.25, 0.3) is 0 Å². The van der Waals surface area contributed by atoms with Gasteiger partial charge in [0.1, 0.15) is 6.10 Å². The van der Waals surface area contributed by atoms with E-state index >= 15 is 0 Å². The topological polar surface area (TPSA) is 48.9 Å². The summed E-state index contributed by atoms with van der Waals surface area (Å²) in [5, 5.41) is 0.829. The van der Waals surface area contributed by atoms with Crippen molar-refractivity contribution in [2.24, 2.45) is 5.92 Å². The van der Waals surface area contributed by atoms with Crippen LogP contribution in [0.5, 0.6) is 0 Å². The number of halogens is 1. The van der Waals surface area contributed by atoms with Crippen LogP contribution < -0.4 is 9.80 Å². The fraction of sp³-hybridized carbons (Fsp3) is 0.462. The molecule has 1 aromatic carbocycles. The molecular weight excluding hydrogens is 436 g/mol. The number of ether oxygens (including phenoxy) is 1. The van der Waals surface area contributed by atoms with Gasteiger partial charge in [0.25, 0.3) is 0 Å². The summed E-state index contributed by atoms with van der Waals surface area (Å²) < 4.78 is 5.23. The second kappa shape index (κ2) is 10.1. The van der Waals surface area contributed by atoms with Crippen molar-refractivity contribution < 1.29 is 9.53 Å². The second-order valence-electron chi connectivity index (χ2n) is 9.30. The van der Waals surface area contributed by atoms with E-state index in [1.807, 2.05) is 0 Å². The first-order valence-electron chi connectivity index (χ1n) is 11.7. The molecule has 0 aliphatic carbocycles. The number of hydrogen-bond acceptors (Lipinski definition) is 6. The molecule has 0 radical (unpaired) electrons. The van der Waals surface area contributed by atoms with E-state index in [0.29, 0.717) is 5.92 Å². The van der Waals surface area contributed by atoms with Crippen molar-refractivity contribution in [3.8, 4) is 0 Å². The largest absolute Gasteiger partial charge is 0.460 e. The highest BCUT2D eigenvalue weighted by atomic mass is 35.5. The van der Waals surface area contributed by atoms with Crippen molar-refractivity contribution in [1.82, 2.24) is 9.88 Å². The predicted octanol–water partition coefficient (Wildman–Crippen LogP) is 5.00. The van der Waals surface area contributed by atoms with Gasteiger partial charge in [-0.2, -0.15) is 0 Å². The van der Waals surface area contributed by atoms with Crippen LogP contribution in [-0.2, 0) is 28.9 Å². The van der Waals surface area contributed by atoms with Crippen LogP contribution in [-0.4, -0.2) is 41.7 Å². The number of pyridine rings is 1. The molecule has 0 bridgehead atoms. The molecule has 2 aromatic rings. The first kappa shape index (κ1) is 23.6. The Kier molecular flexibility index (Phi) is 7.25. The lowest BCUT2D eigenvalue weighted by Gasteiger charge is -2.38. The highest BCUT2D eigenvalue weighted by molar-refractivity contribution is 6.31. The maximum absolute atomic E-state index is 11.1. The lowest BCUT2D eigenvalue weighted by molar-refractivity contribution is -0.155. The number of nitrogens with zero attached hydrogens (tertiary/aromatic N) is 4. The van der Waals surface area contributed by atoms with E-state index in [1.165, 1.54) is 12.5 Å². The molecule has 33 heavy (non-hydrogen) atoms. The molecule has 176 valence electrons. The second-order valence-corrected chi connectivity index (χ2v) is 9.71. The van der Waals surface area contributed by atoms with Gasteiger partial charge in [-0.15, -0.1) is 0 Å². The molecule has 0 N–H and O–H groups in total. The van der Waals surface area contributed by atoms with Gasteiger partial charge in [0.05, 0.1) is 23.7 Å². The molecular formula is C26H33ClN4O2. The van der Waals surface area contributed by atoms with Gasteiger partial charge in [-0.25, -0.2) is 0 Å². The fourth-order valence-electron chi connectivity index (χ4n) is 4.40. The zero-order valence-corrected chi connectivity index (χ0v) is 20.7. The van der Waals surface area contributed by atoms with Crippen LogP contribution in [0.15, 0.2) is 42.7 Å². The van der Waals surface area contributed by atoms with Gasteiger partial charge in [0.15, 0.2) is 0 Å². The Morgan fingerprint density at radius 1 is 1.18 bits per heavy atom. The molecule has 4 rings (SSSR count). The molecule has 1 fully saturated rings. The third-order valence-electron chi connectivity index (χ3n) is 6.02. The smallest absolute Gasteiger partial charge is 0.302 e. The van der Waals surface area contributed by atoms with Crippen molar-refractivity contribution in [2.45, 2.75) is 53.2 Å². The molecule has 0 saturated carbocycles. The summed E-state index contributed by atoms with van der Waals surface area (Å²) in [7, 11) is 0. The SMILES string of the molecule is CCc1nc(CN2CC(OC(C)=O)C2)ccc1N1C=CN(c2ccc(CC(C)C)c(Cl)c2)C1. The average molecular weight is 469 g/mol. The Morgan fingerprint density at radius 2 is 1.94 bits per heavy atom. The summed E-state index contributed by atoms with van der Waals surface area (Å²) >= 11 is 6.56. The van der Waals surface area contributed by atoms with Gasteiger partial charge in [-0.05, 0) is 48.6 Å². The van der Waals surface area contributed by atoms with Gasteiger partial charge in [0.2, 0.25) is 0 Å². The molecule has 7 heteroatoms. The highest BCUT2D eigenvalue weighted by Gasteiger charge is 2.29. The number of carbonyl (C=O) groups excluding carboxylic acids is 1. The number of hydrogen-bond donors (Lipinski definition) is 0. The Morgan fingerprint density at radius 3 is 2.61 bits per heavy atom. The molecule has 1 aromatic heterocycles. The zero-order valence-electron chi connectivity index (χ0n) is 19.9. The van der Waals surface area contributed by atoms with Crippen molar-refractivity contribution >= 4 is 28.9 Å². The minimum atomic E-state index is -0.211. The number of aryl methyl sites for hydroxylation is 1. The van der Waals surface area contributed by atoms with E-state index in [-0.39, 0.29) is 12.1 Å². The fourth-order valence-corrected chi connectivity index (χ4v) is 4.65. The van der Waals surface area contributed by atoms with E-state index in [0.717, 1.165) is 66.9 Å². The average Bonchev–Trinajstić information content (AvgIpc) is 3.23. The quantitative estimate of drug-likeness (QED) is 0.508. The molecule has 2 aliphatic heterocycles. The molecule has 0 spiro atoms. The van der Waals surface area contributed by atoms with Gasteiger partial charge >= 0.3 is 5.97 Å². The number of aromatic nitrogens is 1. The summed E-state index contributed by atoms with van der Waals surface area (Å²) in [4.78, 5) is 22.7. The van der Waals surface area contributed by atoms with Gasteiger partial charge in [-0.1, -0.05) is 38.4 Å². The molecule has 0 amide bonds. The van der Waals surface area contributed by atoms with Crippen LogP contribution >= 0.6 is 11.6 Å². The zero-order chi connectivity index (χ0) is 23.5. The lowest BCUT2D eigenvalue weighted by atomic mass is 10.0. The normalized spacial score (nSPS) is 16.5. The van der Waals surface area contributed by atoms with E-state index < -0.39 is 0 Å². The van der Waals surface area contributed by atoms with Crippen LogP contribution in [0.4, 0.5) is 11.4 Å². The van der Waals surface area contributed by atoms with Crippen molar-refractivity contribution in [1.29, 1.82) is 0 Å². The third-order valence-corrected chi connectivity index (χ3v) is 6.37. The van der Waals surface area contributed by atoms with E-state index in [1.54, 1.807) is 0 Å². The van der Waals surface area contributed by atoms with Crippen molar-refractivity contribution in [3.05, 3.63) is 64.7 Å². The Balaban J connectivity index is 1.39. The predicted molar refractivity (Wildman–Crippen MR) is 133 cm³/mol. The summed E-state index contributed by atoms with van der Waals surface area (Å²) in [6, 6.07) is 10.6. The maximum atomic E-state index is 11.1. The Labute approximate surface area is 201 Å². The number of anilines is 2. The molecule has 2 aliphatic rings. The molecule has 6 nitrogen and oxygen atoms in total. The Bertz CT molecular complexity index is 1030. The lowest BCUT2D eigenvalue weighted by Crippen LogP contribution is -2.52. The van der Waals surface area contributed by atoms with Crippen LogP contribution in [0.1, 0.15) is 44.6 Å². The number of benzene rings is 1. The molecule has 0 atom stereocenters. The van der Waals surface area contributed by atoms with Crippen LogP contribution in [0.3, 0.4) is 0 Å². The monoisotopic (exact) mass is 468 g/mol. The number of rotatable bonds is 8. The minimum Gasteiger partial charge on any atom is -0.460 e. The van der Waals surface area contributed by atoms with Crippen LogP contribution in [0.2, 0.25) is 5.02 Å². The standard InChI is InChI=1S/C26H33ClN4O2/c1-5-25-26(9-7-21(28-25)14-29-15-23(16-29)33-19(4)32)31-11-10-30(17-31)22-8-6-20(12-18(2)3)24(27)13-22/h6-11,13,18,23H,5,12,14-17H2,1-4H3. The van der Waals surface area contributed by atoms with Gasteiger partial charge < -0.3 is 14.5 Å². The molecule has 3 heterocycles. The maximum Gasteiger partial charge on any atom is 0.302 e. The van der Waals surface area contributed by atoms with E-state index in [2.05, 4.69) is 78.2 Å². The number of esters is 1. The summed E-state index contributed by atoms with van der Waals surface area (Å²) in [6.07, 6.45) is 6.06. The number of likely N-dealkylation sites (tertiary alicyclic amines) is 1.